The van der Waals surface area contributed by atoms with Crippen LogP contribution in [0.2, 0.25) is 0 Å². The van der Waals surface area contributed by atoms with Crippen molar-refractivity contribution in [1.29, 1.82) is 0 Å². The molecule has 0 bridgehead atoms. The summed E-state index contributed by atoms with van der Waals surface area (Å²) in [5.74, 6) is 4.73. The summed E-state index contributed by atoms with van der Waals surface area (Å²) in [6.45, 7) is 5.26. The van der Waals surface area contributed by atoms with Gasteiger partial charge in [-0.2, -0.15) is 0 Å². The Balaban J connectivity index is 2.16. The molecule has 1 aromatic heterocycles. The largest absolute Gasteiger partial charge is 0.444 e. The van der Waals surface area contributed by atoms with Crippen LogP contribution in [0.5, 0.6) is 0 Å². The summed E-state index contributed by atoms with van der Waals surface area (Å²) in [7, 11) is 0. The monoisotopic (exact) mass is 318 g/mol. The molecule has 0 saturated heterocycles. The van der Waals surface area contributed by atoms with E-state index in [0.717, 1.165) is 16.5 Å². The van der Waals surface area contributed by atoms with Crippen molar-refractivity contribution in [2.24, 2.45) is 5.84 Å². The van der Waals surface area contributed by atoms with Gasteiger partial charge in [0.1, 0.15) is 11.6 Å². The molecule has 7 heteroatoms. The lowest BCUT2D eigenvalue weighted by Gasteiger charge is -2.22. The van der Waals surface area contributed by atoms with Gasteiger partial charge in [0.25, 0.3) is 5.91 Å². The Labute approximate surface area is 134 Å². The minimum atomic E-state index is -0.825. The Hall–Kier alpha value is -2.54. The summed E-state index contributed by atoms with van der Waals surface area (Å²) >= 11 is 0. The summed E-state index contributed by atoms with van der Waals surface area (Å²) in [5, 5.41) is 3.55. The van der Waals surface area contributed by atoms with E-state index in [2.05, 4.69) is 15.7 Å². The van der Waals surface area contributed by atoms with E-state index in [9.17, 15) is 9.59 Å². The predicted octanol–water partition coefficient (Wildman–Crippen LogP) is 1.59. The van der Waals surface area contributed by atoms with Crippen molar-refractivity contribution in [1.82, 2.24) is 15.7 Å². The fourth-order valence-corrected chi connectivity index (χ4v) is 2.28. The maximum Gasteiger partial charge on any atom is 0.408 e. The Kier molecular flexibility index (Phi) is 4.90. The smallest absolute Gasteiger partial charge is 0.408 e. The van der Waals surface area contributed by atoms with E-state index in [1.165, 1.54) is 0 Å². The Morgan fingerprint density at radius 1 is 1.30 bits per heavy atom. The third-order valence-electron chi connectivity index (χ3n) is 3.25. The zero-order chi connectivity index (χ0) is 17.0. The fourth-order valence-electron chi connectivity index (χ4n) is 2.28. The van der Waals surface area contributed by atoms with Gasteiger partial charge in [-0.25, -0.2) is 10.6 Å². The van der Waals surface area contributed by atoms with Crippen LogP contribution in [0.25, 0.3) is 10.9 Å². The number of ether oxygens (including phenoxy) is 1. The summed E-state index contributed by atoms with van der Waals surface area (Å²) in [6.07, 6.45) is 1.45. The summed E-state index contributed by atoms with van der Waals surface area (Å²) < 4.78 is 5.19. The number of hydrogen-bond acceptors (Lipinski definition) is 4. The molecule has 2 aromatic rings. The first-order valence-corrected chi connectivity index (χ1v) is 7.35. The highest BCUT2D eigenvalue weighted by Crippen LogP contribution is 2.19. The molecule has 7 nitrogen and oxygen atoms in total. The molecule has 0 spiro atoms. The fraction of sp³-hybridized carbons (Fsp3) is 0.375. The predicted molar refractivity (Wildman–Crippen MR) is 87.5 cm³/mol. The molecule has 1 atom stereocenters. The number of fused-ring (bicyclic) bond motifs is 1. The first-order chi connectivity index (χ1) is 10.8. The summed E-state index contributed by atoms with van der Waals surface area (Å²) in [4.78, 5) is 27.0. The van der Waals surface area contributed by atoms with E-state index in [0.29, 0.717) is 6.42 Å². The van der Waals surface area contributed by atoms with Gasteiger partial charge >= 0.3 is 6.09 Å². The number of aromatic amines is 1. The van der Waals surface area contributed by atoms with Gasteiger partial charge in [0.2, 0.25) is 0 Å². The molecule has 1 heterocycles. The average Bonchev–Trinajstić information content (AvgIpc) is 2.87. The number of alkyl carbamates (subject to hydrolysis) is 1. The SMILES string of the molecule is CC(C)(C)OC(=O)N[C@@H](Cc1c[nH]c2ccccc12)C(=O)NN. The van der Waals surface area contributed by atoms with Gasteiger partial charge in [-0.3, -0.25) is 10.2 Å². The highest BCUT2D eigenvalue weighted by atomic mass is 16.6. The number of nitrogens with one attached hydrogen (secondary N) is 3. The van der Waals surface area contributed by atoms with Crippen molar-refractivity contribution in [3.8, 4) is 0 Å². The van der Waals surface area contributed by atoms with E-state index in [1.54, 1.807) is 20.8 Å². The lowest BCUT2D eigenvalue weighted by molar-refractivity contribution is -0.123. The average molecular weight is 318 g/mol. The second-order valence-corrected chi connectivity index (χ2v) is 6.27. The van der Waals surface area contributed by atoms with Gasteiger partial charge in [0.15, 0.2) is 0 Å². The van der Waals surface area contributed by atoms with Gasteiger partial charge in [-0.15, -0.1) is 0 Å². The number of nitrogens with two attached hydrogens (primary N) is 1. The Morgan fingerprint density at radius 2 is 2.00 bits per heavy atom. The quantitative estimate of drug-likeness (QED) is 0.390. The first kappa shape index (κ1) is 16.8. The van der Waals surface area contributed by atoms with Crippen LogP contribution in [0.3, 0.4) is 0 Å². The van der Waals surface area contributed by atoms with Crippen molar-refractivity contribution >= 4 is 22.9 Å². The molecular formula is C16H22N4O3. The van der Waals surface area contributed by atoms with E-state index in [4.69, 9.17) is 10.6 Å². The lowest BCUT2D eigenvalue weighted by Crippen LogP contribution is -2.51. The normalized spacial score (nSPS) is 12.7. The number of rotatable bonds is 4. The van der Waals surface area contributed by atoms with Gasteiger partial charge < -0.3 is 15.0 Å². The number of hydrogen-bond donors (Lipinski definition) is 4. The minimum absolute atomic E-state index is 0.298. The molecule has 124 valence electrons. The molecule has 1 aromatic carbocycles. The number of hydrazine groups is 1. The van der Waals surface area contributed by atoms with Gasteiger partial charge in [0, 0.05) is 23.5 Å². The van der Waals surface area contributed by atoms with Crippen molar-refractivity contribution in [2.45, 2.75) is 38.8 Å². The highest BCUT2D eigenvalue weighted by molar-refractivity contribution is 5.88. The molecule has 0 aliphatic rings. The van der Waals surface area contributed by atoms with Crippen molar-refractivity contribution in [3.05, 3.63) is 36.0 Å². The third kappa shape index (κ3) is 4.46. The van der Waals surface area contributed by atoms with Gasteiger partial charge in [-0.05, 0) is 32.4 Å². The first-order valence-electron chi connectivity index (χ1n) is 7.35. The molecular weight excluding hydrogens is 296 g/mol. The number of H-pyrrole nitrogens is 1. The zero-order valence-corrected chi connectivity index (χ0v) is 13.5. The molecule has 23 heavy (non-hydrogen) atoms. The topological polar surface area (TPSA) is 109 Å². The van der Waals surface area contributed by atoms with Crippen LogP contribution in [0.1, 0.15) is 26.3 Å². The highest BCUT2D eigenvalue weighted by Gasteiger charge is 2.25. The van der Waals surface area contributed by atoms with E-state index in [1.807, 2.05) is 30.5 Å². The van der Waals surface area contributed by atoms with E-state index < -0.39 is 23.6 Å². The molecule has 0 aliphatic carbocycles. The summed E-state index contributed by atoms with van der Waals surface area (Å²) in [5.41, 5.74) is 3.30. The number of carbonyl (C=O) groups is 2. The molecule has 0 saturated carbocycles. The second kappa shape index (κ2) is 6.70. The third-order valence-corrected chi connectivity index (χ3v) is 3.25. The summed E-state index contributed by atoms with van der Waals surface area (Å²) in [6, 6.07) is 6.91. The maximum absolute atomic E-state index is 12.0. The molecule has 2 rings (SSSR count). The molecule has 0 unspecified atom stereocenters. The van der Waals surface area contributed by atoms with E-state index in [-0.39, 0.29) is 0 Å². The maximum atomic E-state index is 12.0. The van der Waals surface area contributed by atoms with Gasteiger partial charge in [0.05, 0.1) is 0 Å². The second-order valence-electron chi connectivity index (χ2n) is 6.27. The zero-order valence-electron chi connectivity index (χ0n) is 13.5. The van der Waals surface area contributed by atoms with Crippen LogP contribution in [0.4, 0.5) is 4.79 Å². The number of amides is 2. The number of aromatic nitrogens is 1. The number of benzene rings is 1. The van der Waals surface area contributed by atoms with Crippen LogP contribution < -0.4 is 16.6 Å². The van der Waals surface area contributed by atoms with Gasteiger partial charge in [-0.1, -0.05) is 18.2 Å². The van der Waals surface area contributed by atoms with Crippen molar-refractivity contribution in [3.63, 3.8) is 0 Å². The lowest BCUT2D eigenvalue weighted by atomic mass is 10.0. The number of para-hydroxylation sites is 1. The number of carbonyl (C=O) groups excluding carboxylic acids is 2. The standard InChI is InChI=1S/C16H22N4O3/c1-16(2,3)23-15(22)19-13(14(21)20-17)8-10-9-18-12-7-5-4-6-11(10)12/h4-7,9,13,18H,8,17H2,1-3H3,(H,19,22)(H,20,21)/t13-/m0/s1. The van der Waals surface area contributed by atoms with Crippen LogP contribution in [0.15, 0.2) is 30.5 Å². The van der Waals surface area contributed by atoms with Crippen LogP contribution in [-0.2, 0) is 16.0 Å². The van der Waals surface area contributed by atoms with Crippen LogP contribution >= 0.6 is 0 Å². The van der Waals surface area contributed by atoms with E-state index >= 15 is 0 Å². The molecule has 5 N–H and O–H groups in total. The molecule has 0 fully saturated rings. The van der Waals surface area contributed by atoms with Crippen molar-refractivity contribution < 1.29 is 14.3 Å². The Bertz CT molecular complexity index is 703. The molecule has 0 radical (unpaired) electrons. The Morgan fingerprint density at radius 3 is 2.65 bits per heavy atom. The van der Waals surface area contributed by atoms with Crippen LogP contribution in [-0.4, -0.2) is 28.6 Å². The minimum Gasteiger partial charge on any atom is -0.444 e. The molecule has 2 amide bonds. The van der Waals surface area contributed by atoms with Crippen LogP contribution in [0, 0.1) is 0 Å². The van der Waals surface area contributed by atoms with Crippen molar-refractivity contribution in [2.75, 3.05) is 0 Å². The molecule has 0 aliphatic heterocycles.